The van der Waals surface area contributed by atoms with Crippen LogP contribution in [0.5, 0.6) is 5.75 Å². The maximum absolute atomic E-state index is 12.3. The lowest BCUT2D eigenvalue weighted by Crippen LogP contribution is -2.14. The molecule has 130 valence electrons. The summed E-state index contributed by atoms with van der Waals surface area (Å²) in [7, 11) is 0. The van der Waals surface area contributed by atoms with Crippen LogP contribution < -0.4 is 10.1 Å². The summed E-state index contributed by atoms with van der Waals surface area (Å²) in [5.74, 6) is 1.80. The Hall–Kier alpha value is -3.66. The SMILES string of the molecule is Cc1nc(-c2cccc(NC(=O)Cc3ccc(OCC#N)cc3)c2)n[nH]1. The Balaban J connectivity index is 1.62. The van der Waals surface area contributed by atoms with Crippen LogP contribution in [-0.4, -0.2) is 27.7 Å². The monoisotopic (exact) mass is 347 g/mol. The number of aryl methyl sites for hydroxylation is 1. The van der Waals surface area contributed by atoms with Crippen molar-refractivity contribution in [2.75, 3.05) is 11.9 Å². The average Bonchev–Trinajstić information content (AvgIpc) is 3.08. The van der Waals surface area contributed by atoms with Crippen molar-refractivity contribution >= 4 is 11.6 Å². The molecule has 7 nitrogen and oxygen atoms in total. The summed E-state index contributed by atoms with van der Waals surface area (Å²) in [6.45, 7) is 1.83. The van der Waals surface area contributed by atoms with Gasteiger partial charge in [-0.05, 0) is 36.8 Å². The molecule has 0 atom stereocenters. The predicted molar refractivity (Wildman–Crippen MR) is 96.4 cm³/mol. The number of carbonyl (C=O) groups is 1. The molecule has 2 aromatic carbocycles. The van der Waals surface area contributed by atoms with Crippen molar-refractivity contribution in [3.05, 3.63) is 59.9 Å². The number of benzene rings is 2. The molecule has 0 radical (unpaired) electrons. The van der Waals surface area contributed by atoms with Crippen molar-refractivity contribution in [2.45, 2.75) is 13.3 Å². The van der Waals surface area contributed by atoms with Crippen LogP contribution in [0.25, 0.3) is 11.4 Å². The number of hydrogen-bond acceptors (Lipinski definition) is 5. The number of H-pyrrole nitrogens is 1. The van der Waals surface area contributed by atoms with E-state index in [1.165, 1.54) is 0 Å². The Morgan fingerprint density at radius 2 is 2.08 bits per heavy atom. The number of rotatable bonds is 6. The highest BCUT2D eigenvalue weighted by atomic mass is 16.5. The first-order valence-electron chi connectivity index (χ1n) is 8.02. The van der Waals surface area contributed by atoms with Crippen LogP contribution in [0.1, 0.15) is 11.4 Å². The Morgan fingerprint density at radius 1 is 1.27 bits per heavy atom. The van der Waals surface area contributed by atoms with E-state index in [-0.39, 0.29) is 18.9 Å². The number of hydrogen-bond donors (Lipinski definition) is 2. The van der Waals surface area contributed by atoms with E-state index in [0.29, 0.717) is 17.3 Å². The maximum Gasteiger partial charge on any atom is 0.228 e. The molecular weight excluding hydrogens is 330 g/mol. The summed E-state index contributed by atoms with van der Waals surface area (Å²) in [6.07, 6.45) is 0.239. The fourth-order valence-electron chi connectivity index (χ4n) is 2.42. The Labute approximate surface area is 150 Å². The topological polar surface area (TPSA) is 104 Å². The molecule has 0 saturated heterocycles. The van der Waals surface area contributed by atoms with Gasteiger partial charge < -0.3 is 10.1 Å². The number of nitrogens with one attached hydrogen (secondary N) is 2. The molecule has 1 amide bonds. The van der Waals surface area contributed by atoms with Gasteiger partial charge in [-0.25, -0.2) is 4.98 Å². The fourth-order valence-corrected chi connectivity index (χ4v) is 2.42. The molecule has 0 aliphatic carbocycles. The van der Waals surface area contributed by atoms with Crippen LogP contribution in [0.3, 0.4) is 0 Å². The molecule has 3 aromatic rings. The summed E-state index contributed by atoms with van der Waals surface area (Å²) in [4.78, 5) is 16.6. The fraction of sp³-hybridized carbons (Fsp3) is 0.158. The molecule has 0 bridgehead atoms. The number of aromatic nitrogens is 3. The first kappa shape index (κ1) is 17.2. The Bertz CT molecular complexity index is 941. The van der Waals surface area contributed by atoms with Crippen LogP contribution in [0.15, 0.2) is 48.5 Å². The minimum atomic E-state index is -0.126. The third kappa shape index (κ3) is 4.45. The molecule has 0 aliphatic heterocycles. The molecule has 0 aliphatic rings. The van der Waals surface area contributed by atoms with Crippen molar-refractivity contribution in [3.63, 3.8) is 0 Å². The number of carbonyl (C=O) groups excluding carboxylic acids is 1. The van der Waals surface area contributed by atoms with Gasteiger partial charge in [-0.3, -0.25) is 9.89 Å². The third-order valence-corrected chi connectivity index (χ3v) is 3.59. The van der Waals surface area contributed by atoms with Gasteiger partial charge in [0.1, 0.15) is 17.6 Å². The van der Waals surface area contributed by atoms with Crippen molar-refractivity contribution in [1.29, 1.82) is 5.26 Å². The van der Waals surface area contributed by atoms with Gasteiger partial charge in [0.25, 0.3) is 0 Å². The number of anilines is 1. The van der Waals surface area contributed by atoms with Crippen LogP contribution in [0.4, 0.5) is 5.69 Å². The van der Waals surface area contributed by atoms with Crippen molar-refractivity contribution in [1.82, 2.24) is 15.2 Å². The zero-order valence-electron chi connectivity index (χ0n) is 14.2. The molecule has 0 fully saturated rings. The first-order chi connectivity index (χ1) is 12.6. The van der Waals surface area contributed by atoms with Crippen molar-refractivity contribution < 1.29 is 9.53 Å². The second-order valence-corrected chi connectivity index (χ2v) is 5.64. The van der Waals surface area contributed by atoms with E-state index in [4.69, 9.17) is 10.00 Å². The molecule has 3 rings (SSSR count). The normalized spacial score (nSPS) is 10.2. The summed E-state index contributed by atoms with van der Waals surface area (Å²) >= 11 is 0. The highest BCUT2D eigenvalue weighted by Crippen LogP contribution is 2.19. The Kier molecular flexibility index (Phi) is 5.25. The van der Waals surface area contributed by atoms with Gasteiger partial charge >= 0.3 is 0 Å². The van der Waals surface area contributed by atoms with Crippen molar-refractivity contribution in [2.24, 2.45) is 0 Å². The van der Waals surface area contributed by atoms with Gasteiger partial charge in [0, 0.05) is 11.3 Å². The van der Waals surface area contributed by atoms with E-state index in [9.17, 15) is 4.79 Å². The van der Waals surface area contributed by atoms with E-state index in [1.54, 1.807) is 24.3 Å². The molecule has 1 heterocycles. The van der Waals surface area contributed by atoms with E-state index in [2.05, 4.69) is 20.5 Å². The van der Waals surface area contributed by atoms with Crippen LogP contribution in [-0.2, 0) is 11.2 Å². The highest BCUT2D eigenvalue weighted by Gasteiger charge is 2.08. The van der Waals surface area contributed by atoms with Crippen LogP contribution in [0.2, 0.25) is 0 Å². The van der Waals surface area contributed by atoms with E-state index < -0.39 is 0 Å². The highest BCUT2D eigenvalue weighted by molar-refractivity contribution is 5.92. The predicted octanol–water partition coefficient (Wildman–Crippen LogP) is 2.86. The second kappa shape index (κ2) is 7.94. The van der Waals surface area contributed by atoms with E-state index in [1.807, 2.05) is 37.3 Å². The molecule has 26 heavy (non-hydrogen) atoms. The van der Waals surface area contributed by atoms with Gasteiger partial charge in [0.05, 0.1) is 6.42 Å². The molecule has 0 unspecified atom stereocenters. The summed E-state index contributed by atoms with van der Waals surface area (Å²) in [5.41, 5.74) is 2.36. The zero-order valence-corrected chi connectivity index (χ0v) is 14.2. The lowest BCUT2D eigenvalue weighted by atomic mass is 10.1. The maximum atomic E-state index is 12.3. The first-order valence-corrected chi connectivity index (χ1v) is 8.02. The summed E-state index contributed by atoms with van der Waals surface area (Å²) < 4.78 is 5.19. The molecule has 0 saturated carbocycles. The standard InChI is InChI=1S/C19H17N5O2/c1-13-21-19(24-23-13)15-3-2-4-16(12-15)22-18(25)11-14-5-7-17(8-6-14)26-10-9-20/h2-8,12H,10-11H2,1H3,(H,22,25)(H,21,23,24). The summed E-state index contributed by atoms with van der Waals surface area (Å²) in [6, 6.07) is 16.4. The van der Waals surface area contributed by atoms with Crippen LogP contribution >= 0.6 is 0 Å². The average molecular weight is 347 g/mol. The number of amides is 1. The lowest BCUT2D eigenvalue weighted by Gasteiger charge is -2.07. The van der Waals surface area contributed by atoms with Gasteiger partial charge in [-0.2, -0.15) is 10.4 Å². The minimum absolute atomic E-state index is 0.000551. The summed E-state index contributed by atoms with van der Waals surface area (Å²) in [5, 5.41) is 18.3. The molecular formula is C19H17N5O2. The van der Waals surface area contributed by atoms with Crippen molar-refractivity contribution in [3.8, 4) is 23.2 Å². The van der Waals surface area contributed by atoms with Gasteiger partial charge in [0.2, 0.25) is 5.91 Å². The number of aromatic amines is 1. The van der Waals surface area contributed by atoms with Gasteiger partial charge in [0.15, 0.2) is 12.4 Å². The van der Waals surface area contributed by atoms with E-state index >= 15 is 0 Å². The zero-order chi connectivity index (χ0) is 18.4. The second-order valence-electron chi connectivity index (χ2n) is 5.64. The minimum Gasteiger partial charge on any atom is -0.479 e. The molecule has 0 spiro atoms. The van der Waals surface area contributed by atoms with Crippen LogP contribution in [0, 0.1) is 18.3 Å². The third-order valence-electron chi connectivity index (χ3n) is 3.59. The number of ether oxygens (including phenoxy) is 1. The van der Waals surface area contributed by atoms with Gasteiger partial charge in [-0.15, -0.1) is 0 Å². The molecule has 1 aromatic heterocycles. The quantitative estimate of drug-likeness (QED) is 0.713. The van der Waals surface area contributed by atoms with E-state index in [0.717, 1.165) is 17.0 Å². The van der Waals surface area contributed by atoms with Gasteiger partial charge in [-0.1, -0.05) is 24.3 Å². The largest absolute Gasteiger partial charge is 0.479 e. The Morgan fingerprint density at radius 3 is 2.77 bits per heavy atom. The molecule has 2 N–H and O–H groups in total. The number of nitrogens with zero attached hydrogens (tertiary/aromatic N) is 3. The number of nitriles is 1. The smallest absolute Gasteiger partial charge is 0.228 e. The molecule has 7 heteroatoms. The lowest BCUT2D eigenvalue weighted by molar-refractivity contribution is -0.115.